The van der Waals surface area contributed by atoms with Crippen LogP contribution in [0.1, 0.15) is 26.2 Å². The molecule has 78 valence electrons. The van der Waals surface area contributed by atoms with Crippen molar-refractivity contribution in [2.24, 2.45) is 0 Å². The van der Waals surface area contributed by atoms with E-state index in [1.165, 1.54) is 6.42 Å². The van der Waals surface area contributed by atoms with Crippen LogP contribution in [0.5, 0.6) is 0 Å². The summed E-state index contributed by atoms with van der Waals surface area (Å²) in [5, 5.41) is 8.73. The molecule has 1 aliphatic heterocycles. The number of hydrogen-bond acceptors (Lipinski definition) is 3. The Morgan fingerprint density at radius 3 is 2.92 bits per heavy atom. The van der Waals surface area contributed by atoms with Gasteiger partial charge in [-0.3, -0.25) is 0 Å². The van der Waals surface area contributed by atoms with Gasteiger partial charge in [-0.1, -0.05) is 0 Å². The molecule has 1 N–H and O–H groups in total. The van der Waals surface area contributed by atoms with Crippen LogP contribution in [0.25, 0.3) is 0 Å². The van der Waals surface area contributed by atoms with Gasteiger partial charge in [-0.2, -0.15) is 0 Å². The van der Waals surface area contributed by atoms with Crippen LogP contribution in [-0.2, 0) is 4.74 Å². The van der Waals surface area contributed by atoms with Crippen LogP contribution in [0, 0.1) is 0 Å². The standard InChI is InChI=1S/C10H21NO2/c1-10(13-2)5-3-6-11(9-10)7-4-8-12/h12H,3-9H2,1-2H3. The molecule has 0 aromatic heterocycles. The zero-order valence-electron chi connectivity index (χ0n) is 8.75. The number of piperidine rings is 1. The highest BCUT2D eigenvalue weighted by Crippen LogP contribution is 2.23. The Kier molecular flexibility index (Phi) is 4.16. The van der Waals surface area contributed by atoms with Crippen LogP contribution in [0.2, 0.25) is 0 Å². The molecule has 1 rings (SSSR count). The molecule has 1 fully saturated rings. The van der Waals surface area contributed by atoms with Gasteiger partial charge in [0.2, 0.25) is 0 Å². The smallest absolute Gasteiger partial charge is 0.0777 e. The molecule has 1 saturated heterocycles. The fourth-order valence-corrected chi connectivity index (χ4v) is 1.96. The number of nitrogens with zero attached hydrogens (tertiary/aromatic N) is 1. The van der Waals surface area contributed by atoms with Gasteiger partial charge in [0, 0.05) is 26.8 Å². The van der Waals surface area contributed by atoms with Crippen molar-refractivity contribution in [3.63, 3.8) is 0 Å². The zero-order chi connectivity index (χ0) is 9.73. The molecule has 1 unspecified atom stereocenters. The molecule has 13 heavy (non-hydrogen) atoms. The lowest BCUT2D eigenvalue weighted by Crippen LogP contribution is -2.47. The van der Waals surface area contributed by atoms with Gasteiger partial charge >= 0.3 is 0 Å². The summed E-state index contributed by atoms with van der Waals surface area (Å²) in [7, 11) is 1.79. The van der Waals surface area contributed by atoms with Gasteiger partial charge < -0.3 is 14.7 Å². The van der Waals surface area contributed by atoms with E-state index in [1.807, 2.05) is 0 Å². The van der Waals surface area contributed by atoms with E-state index in [-0.39, 0.29) is 5.60 Å². The first-order chi connectivity index (χ1) is 6.20. The third-order valence-electron chi connectivity index (χ3n) is 2.86. The maximum absolute atomic E-state index is 8.73. The highest BCUT2D eigenvalue weighted by molar-refractivity contribution is 4.84. The second kappa shape index (κ2) is 4.94. The minimum Gasteiger partial charge on any atom is -0.396 e. The molecule has 0 saturated carbocycles. The van der Waals surface area contributed by atoms with Crippen molar-refractivity contribution < 1.29 is 9.84 Å². The average molecular weight is 187 g/mol. The monoisotopic (exact) mass is 187 g/mol. The number of hydrogen-bond donors (Lipinski definition) is 1. The normalized spacial score (nSPS) is 30.7. The van der Waals surface area contributed by atoms with E-state index in [0.717, 1.165) is 32.5 Å². The fraction of sp³-hybridized carbons (Fsp3) is 1.00. The summed E-state index contributed by atoms with van der Waals surface area (Å²) >= 11 is 0. The number of methoxy groups -OCH3 is 1. The predicted molar refractivity (Wildman–Crippen MR) is 52.8 cm³/mol. The summed E-state index contributed by atoms with van der Waals surface area (Å²) in [6, 6.07) is 0. The first-order valence-corrected chi connectivity index (χ1v) is 5.08. The van der Waals surface area contributed by atoms with Crippen LogP contribution >= 0.6 is 0 Å². The number of aliphatic hydroxyl groups is 1. The number of rotatable bonds is 4. The molecule has 0 aromatic carbocycles. The highest BCUT2D eigenvalue weighted by atomic mass is 16.5. The SMILES string of the molecule is COC1(C)CCCN(CCCO)C1. The molecular weight excluding hydrogens is 166 g/mol. The molecule has 0 aromatic rings. The van der Waals surface area contributed by atoms with Crippen molar-refractivity contribution in [3.05, 3.63) is 0 Å². The van der Waals surface area contributed by atoms with Gasteiger partial charge in [-0.05, 0) is 32.7 Å². The molecular formula is C10H21NO2. The molecule has 1 atom stereocenters. The third-order valence-corrected chi connectivity index (χ3v) is 2.86. The molecule has 1 aliphatic rings. The maximum Gasteiger partial charge on any atom is 0.0777 e. The minimum absolute atomic E-state index is 0.0354. The van der Waals surface area contributed by atoms with Crippen molar-refractivity contribution in [2.45, 2.75) is 31.8 Å². The van der Waals surface area contributed by atoms with Crippen molar-refractivity contribution in [3.8, 4) is 0 Å². The molecule has 3 heteroatoms. The van der Waals surface area contributed by atoms with E-state index >= 15 is 0 Å². The van der Waals surface area contributed by atoms with Crippen molar-refractivity contribution in [2.75, 3.05) is 33.4 Å². The van der Waals surface area contributed by atoms with Crippen LogP contribution in [0.15, 0.2) is 0 Å². The number of ether oxygens (including phenoxy) is 1. The lowest BCUT2D eigenvalue weighted by Gasteiger charge is -2.39. The van der Waals surface area contributed by atoms with Gasteiger partial charge in [0.15, 0.2) is 0 Å². The van der Waals surface area contributed by atoms with Crippen molar-refractivity contribution in [1.29, 1.82) is 0 Å². The lowest BCUT2D eigenvalue weighted by atomic mass is 9.95. The average Bonchev–Trinajstić information content (AvgIpc) is 2.15. The van der Waals surface area contributed by atoms with Crippen molar-refractivity contribution >= 4 is 0 Å². The molecule has 0 aliphatic carbocycles. The molecule has 3 nitrogen and oxygen atoms in total. The van der Waals surface area contributed by atoms with E-state index in [0.29, 0.717) is 6.61 Å². The topological polar surface area (TPSA) is 32.7 Å². The van der Waals surface area contributed by atoms with E-state index in [4.69, 9.17) is 9.84 Å². The van der Waals surface area contributed by atoms with E-state index in [2.05, 4.69) is 11.8 Å². The first-order valence-electron chi connectivity index (χ1n) is 5.08. The number of aliphatic hydroxyl groups excluding tert-OH is 1. The van der Waals surface area contributed by atoms with E-state index < -0.39 is 0 Å². The summed E-state index contributed by atoms with van der Waals surface area (Å²) in [4.78, 5) is 2.38. The van der Waals surface area contributed by atoms with Gasteiger partial charge in [0.05, 0.1) is 5.60 Å². The van der Waals surface area contributed by atoms with Crippen LogP contribution < -0.4 is 0 Å². The zero-order valence-corrected chi connectivity index (χ0v) is 8.75. The Balaban J connectivity index is 2.33. The molecule has 1 heterocycles. The van der Waals surface area contributed by atoms with Crippen LogP contribution in [-0.4, -0.2) is 49.0 Å². The molecule has 0 amide bonds. The summed E-state index contributed by atoms with van der Waals surface area (Å²) in [5.41, 5.74) is 0.0354. The summed E-state index contributed by atoms with van der Waals surface area (Å²) < 4.78 is 5.48. The second-order valence-corrected chi connectivity index (χ2v) is 4.11. The fourth-order valence-electron chi connectivity index (χ4n) is 1.96. The minimum atomic E-state index is 0.0354. The maximum atomic E-state index is 8.73. The predicted octanol–water partition coefficient (Wildman–Crippen LogP) is 0.870. The van der Waals surface area contributed by atoms with Gasteiger partial charge in [0.25, 0.3) is 0 Å². The second-order valence-electron chi connectivity index (χ2n) is 4.11. The Morgan fingerprint density at radius 1 is 1.54 bits per heavy atom. The summed E-state index contributed by atoms with van der Waals surface area (Å²) in [6.07, 6.45) is 3.23. The van der Waals surface area contributed by atoms with E-state index in [1.54, 1.807) is 7.11 Å². The van der Waals surface area contributed by atoms with Gasteiger partial charge in [-0.15, -0.1) is 0 Å². The van der Waals surface area contributed by atoms with Gasteiger partial charge in [0.1, 0.15) is 0 Å². The molecule has 0 spiro atoms. The van der Waals surface area contributed by atoms with Crippen LogP contribution in [0.3, 0.4) is 0 Å². The largest absolute Gasteiger partial charge is 0.396 e. The highest BCUT2D eigenvalue weighted by Gasteiger charge is 2.30. The van der Waals surface area contributed by atoms with Crippen LogP contribution in [0.4, 0.5) is 0 Å². The Morgan fingerprint density at radius 2 is 2.31 bits per heavy atom. The van der Waals surface area contributed by atoms with Gasteiger partial charge in [-0.25, -0.2) is 0 Å². The van der Waals surface area contributed by atoms with E-state index in [9.17, 15) is 0 Å². The third kappa shape index (κ3) is 3.25. The van der Waals surface area contributed by atoms with Crippen molar-refractivity contribution in [1.82, 2.24) is 4.90 Å². The Labute approximate surface area is 80.7 Å². The quantitative estimate of drug-likeness (QED) is 0.709. The molecule has 0 bridgehead atoms. The first kappa shape index (κ1) is 11.0. The summed E-state index contributed by atoms with van der Waals surface area (Å²) in [5.74, 6) is 0. The Hall–Kier alpha value is -0.120. The lowest BCUT2D eigenvalue weighted by molar-refractivity contribution is -0.0513. The summed E-state index contributed by atoms with van der Waals surface area (Å²) in [6.45, 7) is 5.61. The molecule has 0 radical (unpaired) electrons. The Bertz CT molecular complexity index is 152. The number of likely N-dealkylation sites (tertiary alicyclic amines) is 1.